The minimum absolute atomic E-state index is 0.0587. The Kier molecular flexibility index (Phi) is 5.87. The molecule has 1 unspecified atom stereocenters. The number of carbonyl (C=O) groups is 1. The molecule has 29 heavy (non-hydrogen) atoms. The van der Waals surface area contributed by atoms with Gasteiger partial charge in [-0.15, -0.1) is 6.42 Å². The van der Waals surface area contributed by atoms with Gasteiger partial charge in [0.05, 0.1) is 0 Å². The molecule has 0 fully saturated rings. The van der Waals surface area contributed by atoms with Crippen molar-refractivity contribution in [2.45, 2.75) is 63.6 Å². The summed E-state index contributed by atoms with van der Waals surface area (Å²) in [7, 11) is 1.49. The van der Waals surface area contributed by atoms with Gasteiger partial charge in [-0.1, -0.05) is 82.1 Å². The molecule has 0 aromatic heterocycles. The second kappa shape index (κ2) is 8.05. The first-order valence-electron chi connectivity index (χ1n) is 10.1. The van der Waals surface area contributed by atoms with E-state index in [1.807, 2.05) is 36.4 Å². The van der Waals surface area contributed by atoms with Crippen LogP contribution in [0, 0.1) is 12.3 Å². The summed E-state index contributed by atoms with van der Waals surface area (Å²) in [6, 6.07) is 15.5. The second-order valence-corrected chi connectivity index (χ2v) is 9.08. The third kappa shape index (κ3) is 4.23. The SMILES string of the molecule is C#CC(OC(=O)[C@H](OC)c1ccccc1)c1ccc2c(c1)C(C)(C)CCC2(C)C. The molecular formula is C26H30O3. The maximum atomic E-state index is 12.8. The molecule has 2 atom stereocenters. The van der Waals surface area contributed by atoms with Crippen LogP contribution in [0.1, 0.15) is 75.0 Å². The van der Waals surface area contributed by atoms with Crippen LogP contribution in [0.25, 0.3) is 0 Å². The van der Waals surface area contributed by atoms with Crippen LogP contribution < -0.4 is 0 Å². The van der Waals surface area contributed by atoms with Crippen molar-refractivity contribution >= 4 is 5.97 Å². The molecule has 0 saturated carbocycles. The fourth-order valence-electron chi connectivity index (χ4n) is 4.14. The maximum absolute atomic E-state index is 12.8. The lowest BCUT2D eigenvalue weighted by molar-refractivity contribution is -0.159. The Labute approximate surface area is 174 Å². The molecule has 0 saturated heterocycles. The highest BCUT2D eigenvalue weighted by Crippen LogP contribution is 2.46. The number of terminal acetylenes is 1. The molecule has 152 valence electrons. The van der Waals surface area contributed by atoms with E-state index in [-0.39, 0.29) is 10.8 Å². The van der Waals surface area contributed by atoms with Gasteiger partial charge < -0.3 is 9.47 Å². The van der Waals surface area contributed by atoms with Crippen molar-refractivity contribution in [1.82, 2.24) is 0 Å². The van der Waals surface area contributed by atoms with Gasteiger partial charge in [-0.2, -0.15) is 0 Å². The predicted molar refractivity (Wildman–Crippen MR) is 116 cm³/mol. The van der Waals surface area contributed by atoms with Gasteiger partial charge in [0.15, 0.2) is 12.2 Å². The molecule has 2 aromatic carbocycles. The van der Waals surface area contributed by atoms with Gasteiger partial charge in [-0.25, -0.2) is 4.79 Å². The number of ether oxygens (including phenoxy) is 2. The van der Waals surface area contributed by atoms with Crippen LogP contribution in [0.5, 0.6) is 0 Å². The number of rotatable bonds is 5. The summed E-state index contributed by atoms with van der Waals surface area (Å²) in [6.45, 7) is 9.08. The number of methoxy groups -OCH3 is 1. The molecule has 3 rings (SSSR count). The van der Waals surface area contributed by atoms with Crippen LogP contribution in [0.2, 0.25) is 0 Å². The third-order valence-corrected chi connectivity index (χ3v) is 6.12. The van der Waals surface area contributed by atoms with Gasteiger partial charge in [-0.3, -0.25) is 0 Å². The van der Waals surface area contributed by atoms with Crippen molar-refractivity contribution in [3.8, 4) is 12.3 Å². The number of hydrogen-bond donors (Lipinski definition) is 0. The molecule has 0 N–H and O–H groups in total. The highest BCUT2D eigenvalue weighted by atomic mass is 16.6. The first-order chi connectivity index (χ1) is 13.7. The van der Waals surface area contributed by atoms with Crippen molar-refractivity contribution in [2.75, 3.05) is 7.11 Å². The van der Waals surface area contributed by atoms with Crippen molar-refractivity contribution in [1.29, 1.82) is 0 Å². The van der Waals surface area contributed by atoms with Crippen LogP contribution in [-0.4, -0.2) is 13.1 Å². The number of fused-ring (bicyclic) bond motifs is 1. The van der Waals surface area contributed by atoms with Crippen LogP contribution in [0.3, 0.4) is 0 Å². The summed E-state index contributed by atoms with van der Waals surface area (Å²) >= 11 is 0. The molecule has 0 aliphatic heterocycles. The number of carbonyl (C=O) groups excluding carboxylic acids is 1. The van der Waals surface area contributed by atoms with E-state index in [2.05, 4.69) is 45.7 Å². The minimum Gasteiger partial charge on any atom is -0.442 e. The Balaban J connectivity index is 1.89. The zero-order chi connectivity index (χ0) is 21.2. The van der Waals surface area contributed by atoms with Crippen molar-refractivity contribution in [3.05, 3.63) is 70.8 Å². The standard InChI is InChI=1S/C26H30O3/c1-7-22(29-24(27)23(28-6)18-11-9-8-10-12-18)19-13-14-20-21(17-19)26(4,5)16-15-25(20,2)3/h1,8-14,17,22-23H,15-16H2,2-6H3/t22?,23-/m1/s1. The van der Waals surface area contributed by atoms with Crippen molar-refractivity contribution in [2.24, 2.45) is 0 Å². The Morgan fingerprint density at radius 3 is 2.17 bits per heavy atom. The van der Waals surface area contributed by atoms with Crippen LogP contribution in [-0.2, 0) is 25.1 Å². The Bertz CT molecular complexity index is 919. The zero-order valence-corrected chi connectivity index (χ0v) is 18.0. The summed E-state index contributed by atoms with van der Waals surface area (Å²) in [6.07, 6.45) is 6.46. The van der Waals surface area contributed by atoms with Gasteiger partial charge >= 0.3 is 5.97 Å². The summed E-state index contributed by atoms with van der Waals surface area (Å²) in [5.74, 6) is 2.15. The molecule has 3 heteroatoms. The smallest absolute Gasteiger partial charge is 0.341 e. The fraction of sp³-hybridized carbons (Fsp3) is 0.423. The molecule has 1 aliphatic carbocycles. The van der Waals surface area contributed by atoms with Crippen LogP contribution in [0.4, 0.5) is 0 Å². The quantitative estimate of drug-likeness (QED) is 0.489. The summed E-state index contributed by atoms with van der Waals surface area (Å²) < 4.78 is 11.1. The molecule has 1 aliphatic rings. The van der Waals surface area contributed by atoms with Gasteiger partial charge in [0, 0.05) is 12.7 Å². The Morgan fingerprint density at radius 1 is 0.966 bits per heavy atom. The fourth-order valence-corrected chi connectivity index (χ4v) is 4.14. The summed E-state index contributed by atoms with van der Waals surface area (Å²) in [5.41, 5.74) is 4.38. The van der Waals surface area contributed by atoms with Gasteiger partial charge in [0.2, 0.25) is 0 Å². The lowest BCUT2D eigenvalue weighted by Crippen LogP contribution is -2.34. The van der Waals surface area contributed by atoms with E-state index in [1.165, 1.54) is 18.2 Å². The van der Waals surface area contributed by atoms with Crippen molar-refractivity contribution in [3.63, 3.8) is 0 Å². The first kappa shape index (κ1) is 21.1. The van der Waals surface area contributed by atoms with E-state index >= 15 is 0 Å². The molecule has 0 heterocycles. The molecule has 0 radical (unpaired) electrons. The zero-order valence-electron chi connectivity index (χ0n) is 18.0. The van der Waals surface area contributed by atoms with E-state index in [9.17, 15) is 4.79 Å². The predicted octanol–water partition coefficient (Wildman–Crippen LogP) is 5.64. The summed E-state index contributed by atoms with van der Waals surface area (Å²) in [5, 5.41) is 0. The average molecular weight is 391 g/mol. The normalized spacial score (nSPS) is 18.8. The lowest BCUT2D eigenvalue weighted by Gasteiger charge is -2.42. The van der Waals surface area contributed by atoms with E-state index < -0.39 is 18.2 Å². The molecule has 0 bridgehead atoms. The highest BCUT2D eigenvalue weighted by Gasteiger charge is 2.37. The monoisotopic (exact) mass is 390 g/mol. The molecule has 2 aromatic rings. The molecule has 0 amide bonds. The molecule has 3 nitrogen and oxygen atoms in total. The molecular weight excluding hydrogens is 360 g/mol. The van der Waals surface area contributed by atoms with E-state index in [0.29, 0.717) is 0 Å². The Hall–Kier alpha value is -2.57. The number of esters is 1. The Morgan fingerprint density at radius 2 is 1.59 bits per heavy atom. The number of benzene rings is 2. The highest BCUT2D eigenvalue weighted by molar-refractivity contribution is 5.77. The minimum atomic E-state index is -0.806. The third-order valence-electron chi connectivity index (χ3n) is 6.12. The van der Waals surface area contributed by atoms with E-state index in [4.69, 9.17) is 15.9 Å². The molecule has 0 spiro atoms. The summed E-state index contributed by atoms with van der Waals surface area (Å²) in [4.78, 5) is 12.8. The van der Waals surface area contributed by atoms with Crippen LogP contribution >= 0.6 is 0 Å². The van der Waals surface area contributed by atoms with Crippen molar-refractivity contribution < 1.29 is 14.3 Å². The van der Waals surface area contributed by atoms with Gasteiger partial charge in [0.25, 0.3) is 0 Å². The van der Waals surface area contributed by atoms with Gasteiger partial charge in [0.1, 0.15) is 0 Å². The first-order valence-corrected chi connectivity index (χ1v) is 10.1. The topological polar surface area (TPSA) is 35.5 Å². The van der Waals surface area contributed by atoms with Gasteiger partial charge in [-0.05, 0) is 40.4 Å². The largest absolute Gasteiger partial charge is 0.442 e. The lowest BCUT2D eigenvalue weighted by atomic mass is 9.63. The second-order valence-electron chi connectivity index (χ2n) is 9.08. The maximum Gasteiger partial charge on any atom is 0.341 e. The van der Waals surface area contributed by atoms with Crippen LogP contribution in [0.15, 0.2) is 48.5 Å². The van der Waals surface area contributed by atoms with E-state index in [1.54, 1.807) is 0 Å². The average Bonchev–Trinajstić information content (AvgIpc) is 2.71. The number of hydrogen-bond acceptors (Lipinski definition) is 3. The van der Waals surface area contributed by atoms with E-state index in [0.717, 1.165) is 24.0 Å².